The topological polar surface area (TPSA) is 77.2 Å². The van der Waals surface area contributed by atoms with Crippen molar-refractivity contribution in [1.82, 2.24) is 10.2 Å². The number of carbonyl (C=O) groups excluding carboxylic acids is 1. The SMILES string of the molecule is O=C(COc1ccc(Br)cc1)Nc1cccc(-c2nnc(-c3ccccc3)o2)c1. The van der Waals surface area contributed by atoms with E-state index < -0.39 is 0 Å². The zero-order valence-electron chi connectivity index (χ0n) is 15.2. The number of nitrogens with one attached hydrogen (secondary N) is 1. The fraction of sp³-hybridized carbons (Fsp3) is 0.0455. The van der Waals surface area contributed by atoms with Gasteiger partial charge in [0.1, 0.15) is 5.75 Å². The first-order valence-corrected chi connectivity index (χ1v) is 9.64. The van der Waals surface area contributed by atoms with Crippen molar-refractivity contribution in [2.24, 2.45) is 0 Å². The third-order valence-corrected chi connectivity index (χ3v) is 4.55. The van der Waals surface area contributed by atoms with Crippen LogP contribution in [0.15, 0.2) is 87.8 Å². The van der Waals surface area contributed by atoms with Crippen LogP contribution in [0.4, 0.5) is 5.69 Å². The number of halogens is 1. The van der Waals surface area contributed by atoms with Gasteiger partial charge in [0, 0.05) is 21.3 Å². The minimum Gasteiger partial charge on any atom is -0.484 e. The summed E-state index contributed by atoms with van der Waals surface area (Å²) in [5.74, 6) is 1.18. The standard InChI is InChI=1S/C22H16BrN3O3/c23-17-9-11-19(12-10-17)28-14-20(27)24-18-8-4-7-16(13-18)22-26-25-21(29-22)15-5-2-1-3-6-15/h1-13H,14H2,(H,24,27). The lowest BCUT2D eigenvalue weighted by Crippen LogP contribution is -2.20. The Balaban J connectivity index is 1.41. The third-order valence-electron chi connectivity index (χ3n) is 4.02. The normalized spacial score (nSPS) is 10.5. The maximum Gasteiger partial charge on any atom is 0.262 e. The van der Waals surface area contributed by atoms with E-state index in [9.17, 15) is 4.79 Å². The van der Waals surface area contributed by atoms with E-state index in [1.165, 1.54) is 0 Å². The fourth-order valence-corrected chi connectivity index (χ4v) is 2.91. The molecule has 1 amide bonds. The molecule has 0 atom stereocenters. The number of anilines is 1. The van der Waals surface area contributed by atoms with Crippen LogP contribution in [0.25, 0.3) is 22.9 Å². The Bertz CT molecular complexity index is 1110. The minimum atomic E-state index is -0.263. The molecule has 144 valence electrons. The molecule has 6 nitrogen and oxygen atoms in total. The molecule has 0 aliphatic rings. The summed E-state index contributed by atoms with van der Waals surface area (Å²) in [7, 11) is 0. The Labute approximate surface area is 175 Å². The molecule has 3 aromatic carbocycles. The van der Waals surface area contributed by atoms with Gasteiger partial charge in [0.2, 0.25) is 11.8 Å². The molecule has 4 aromatic rings. The van der Waals surface area contributed by atoms with Crippen LogP contribution < -0.4 is 10.1 Å². The summed E-state index contributed by atoms with van der Waals surface area (Å²) in [6, 6.07) is 24.0. The van der Waals surface area contributed by atoms with Crippen LogP contribution in [0.5, 0.6) is 5.75 Å². The third kappa shape index (κ3) is 4.89. The quantitative estimate of drug-likeness (QED) is 0.438. The first-order chi connectivity index (χ1) is 14.2. The van der Waals surface area contributed by atoms with Crippen molar-refractivity contribution in [2.75, 3.05) is 11.9 Å². The largest absolute Gasteiger partial charge is 0.484 e. The Hall–Kier alpha value is -3.45. The highest BCUT2D eigenvalue weighted by atomic mass is 79.9. The summed E-state index contributed by atoms with van der Waals surface area (Å²) >= 11 is 3.36. The molecule has 0 saturated heterocycles. The van der Waals surface area contributed by atoms with E-state index >= 15 is 0 Å². The molecule has 1 heterocycles. The summed E-state index contributed by atoms with van der Waals surface area (Å²) < 4.78 is 12.2. The number of carbonyl (C=O) groups is 1. The molecule has 0 unspecified atom stereocenters. The van der Waals surface area contributed by atoms with Gasteiger partial charge in [-0.25, -0.2) is 0 Å². The summed E-state index contributed by atoms with van der Waals surface area (Å²) in [6.07, 6.45) is 0. The highest BCUT2D eigenvalue weighted by Crippen LogP contribution is 2.25. The fourth-order valence-electron chi connectivity index (χ4n) is 2.64. The second-order valence-corrected chi connectivity index (χ2v) is 7.07. The predicted molar refractivity (Wildman–Crippen MR) is 113 cm³/mol. The van der Waals surface area contributed by atoms with E-state index in [0.29, 0.717) is 28.8 Å². The van der Waals surface area contributed by atoms with Crippen LogP contribution in [-0.2, 0) is 4.79 Å². The van der Waals surface area contributed by atoms with Crippen LogP contribution >= 0.6 is 15.9 Å². The van der Waals surface area contributed by atoms with E-state index in [1.807, 2.05) is 54.6 Å². The molecular formula is C22H16BrN3O3. The summed E-state index contributed by atoms with van der Waals surface area (Å²) in [5, 5.41) is 11.0. The summed E-state index contributed by atoms with van der Waals surface area (Å²) in [5.41, 5.74) is 2.18. The lowest BCUT2D eigenvalue weighted by atomic mass is 10.2. The van der Waals surface area contributed by atoms with Gasteiger partial charge >= 0.3 is 0 Å². The van der Waals surface area contributed by atoms with Gasteiger partial charge in [-0.1, -0.05) is 40.2 Å². The Morgan fingerprint density at radius 3 is 2.34 bits per heavy atom. The molecule has 0 radical (unpaired) electrons. The number of nitrogens with zero attached hydrogens (tertiary/aromatic N) is 2. The first-order valence-electron chi connectivity index (χ1n) is 8.85. The number of hydrogen-bond donors (Lipinski definition) is 1. The molecule has 0 fully saturated rings. The Morgan fingerprint density at radius 1 is 0.897 bits per heavy atom. The van der Waals surface area contributed by atoms with Crippen molar-refractivity contribution in [1.29, 1.82) is 0 Å². The number of aromatic nitrogens is 2. The lowest BCUT2D eigenvalue weighted by Gasteiger charge is -2.08. The van der Waals surface area contributed by atoms with Gasteiger partial charge in [-0.15, -0.1) is 10.2 Å². The highest BCUT2D eigenvalue weighted by Gasteiger charge is 2.11. The number of amides is 1. The molecule has 0 aliphatic heterocycles. The lowest BCUT2D eigenvalue weighted by molar-refractivity contribution is -0.118. The highest BCUT2D eigenvalue weighted by molar-refractivity contribution is 9.10. The van der Waals surface area contributed by atoms with Crippen molar-refractivity contribution in [2.45, 2.75) is 0 Å². The first kappa shape index (κ1) is 18.9. The average molecular weight is 450 g/mol. The van der Waals surface area contributed by atoms with Crippen molar-refractivity contribution in [3.05, 3.63) is 83.3 Å². The molecule has 29 heavy (non-hydrogen) atoms. The number of ether oxygens (including phenoxy) is 1. The van der Waals surface area contributed by atoms with E-state index in [2.05, 4.69) is 31.4 Å². The van der Waals surface area contributed by atoms with Crippen molar-refractivity contribution >= 4 is 27.5 Å². The van der Waals surface area contributed by atoms with Gasteiger partial charge in [0.25, 0.3) is 5.91 Å². The monoisotopic (exact) mass is 449 g/mol. The van der Waals surface area contributed by atoms with Gasteiger partial charge in [-0.3, -0.25) is 4.79 Å². The zero-order chi connectivity index (χ0) is 20.1. The second kappa shape index (κ2) is 8.70. The van der Waals surface area contributed by atoms with Gasteiger partial charge in [-0.2, -0.15) is 0 Å². The number of rotatable bonds is 6. The zero-order valence-corrected chi connectivity index (χ0v) is 16.8. The average Bonchev–Trinajstić information content (AvgIpc) is 3.25. The van der Waals surface area contributed by atoms with Gasteiger partial charge in [0.15, 0.2) is 6.61 Å². The maximum atomic E-state index is 12.2. The van der Waals surface area contributed by atoms with E-state index in [1.54, 1.807) is 24.3 Å². The smallest absolute Gasteiger partial charge is 0.262 e. The van der Waals surface area contributed by atoms with Crippen LogP contribution in [-0.4, -0.2) is 22.7 Å². The minimum absolute atomic E-state index is 0.0927. The van der Waals surface area contributed by atoms with Crippen LogP contribution in [0.1, 0.15) is 0 Å². The van der Waals surface area contributed by atoms with Gasteiger partial charge < -0.3 is 14.5 Å². The Kier molecular flexibility index (Phi) is 5.67. The molecule has 0 spiro atoms. The van der Waals surface area contributed by atoms with Crippen LogP contribution in [0, 0.1) is 0 Å². The molecule has 1 N–H and O–H groups in total. The van der Waals surface area contributed by atoms with Crippen molar-refractivity contribution in [3.8, 4) is 28.7 Å². The molecular weight excluding hydrogens is 434 g/mol. The number of benzene rings is 3. The van der Waals surface area contributed by atoms with Crippen molar-refractivity contribution in [3.63, 3.8) is 0 Å². The van der Waals surface area contributed by atoms with Gasteiger partial charge in [0.05, 0.1) is 0 Å². The molecule has 4 rings (SSSR count). The van der Waals surface area contributed by atoms with E-state index in [4.69, 9.17) is 9.15 Å². The van der Waals surface area contributed by atoms with Crippen molar-refractivity contribution < 1.29 is 13.9 Å². The second-order valence-electron chi connectivity index (χ2n) is 6.15. The van der Waals surface area contributed by atoms with E-state index in [-0.39, 0.29) is 12.5 Å². The number of hydrogen-bond acceptors (Lipinski definition) is 5. The van der Waals surface area contributed by atoms with Crippen LogP contribution in [0.3, 0.4) is 0 Å². The molecule has 0 bridgehead atoms. The Morgan fingerprint density at radius 2 is 1.59 bits per heavy atom. The molecule has 0 saturated carbocycles. The molecule has 1 aromatic heterocycles. The molecule has 0 aliphatic carbocycles. The predicted octanol–water partition coefficient (Wildman–Crippen LogP) is 5.18. The summed E-state index contributed by atoms with van der Waals surface area (Å²) in [6.45, 7) is -0.0927. The maximum absolute atomic E-state index is 12.2. The van der Waals surface area contributed by atoms with E-state index in [0.717, 1.165) is 10.0 Å². The summed E-state index contributed by atoms with van der Waals surface area (Å²) in [4.78, 5) is 12.2. The molecule has 7 heteroatoms. The van der Waals surface area contributed by atoms with Gasteiger partial charge in [-0.05, 0) is 54.6 Å². The van der Waals surface area contributed by atoms with Crippen LogP contribution in [0.2, 0.25) is 0 Å².